The quantitative estimate of drug-likeness (QED) is 0.544. The van der Waals surface area contributed by atoms with Crippen LogP contribution in [-0.4, -0.2) is 19.1 Å². The zero-order valence-corrected chi connectivity index (χ0v) is 9.34. The van der Waals surface area contributed by atoms with E-state index in [2.05, 4.69) is 24.5 Å². The van der Waals surface area contributed by atoms with Gasteiger partial charge in [-0.2, -0.15) is 0 Å². The maximum absolute atomic E-state index is 5.78. The third-order valence-corrected chi connectivity index (χ3v) is 2.46. The average molecular weight is 200 g/mol. The minimum atomic E-state index is 0. The molecular formula is C10H24N4. The Morgan fingerprint density at radius 2 is 2.36 bits per heavy atom. The molecule has 4 nitrogen and oxygen atoms in total. The number of nitrogens with one attached hydrogen (secondary N) is 2. The second kappa shape index (κ2) is 6.68. The van der Waals surface area contributed by atoms with E-state index in [9.17, 15) is 0 Å². The van der Waals surface area contributed by atoms with Gasteiger partial charge in [-0.05, 0) is 25.3 Å². The lowest BCUT2D eigenvalue weighted by Gasteiger charge is -2.11. The van der Waals surface area contributed by atoms with Gasteiger partial charge < -0.3 is 22.5 Å². The molecule has 0 unspecified atom stereocenters. The molecule has 1 heterocycles. The summed E-state index contributed by atoms with van der Waals surface area (Å²) in [5.41, 5.74) is 6.71. The highest BCUT2D eigenvalue weighted by atomic mass is 15.0. The van der Waals surface area contributed by atoms with E-state index in [1.807, 2.05) is 6.20 Å². The van der Waals surface area contributed by atoms with Gasteiger partial charge in [0.1, 0.15) is 0 Å². The third-order valence-electron chi connectivity index (χ3n) is 2.46. The highest BCUT2D eigenvalue weighted by Gasteiger charge is 2.12. The summed E-state index contributed by atoms with van der Waals surface area (Å²) < 4.78 is 0. The first kappa shape index (κ1) is 13.3. The van der Waals surface area contributed by atoms with E-state index in [1.54, 1.807) is 0 Å². The van der Waals surface area contributed by atoms with Crippen LogP contribution >= 0.6 is 0 Å². The maximum Gasteiger partial charge on any atom is 0.0296 e. The van der Waals surface area contributed by atoms with Gasteiger partial charge in [-0.15, -0.1) is 0 Å². The monoisotopic (exact) mass is 200 g/mol. The molecule has 7 N–H and O–H groups in total. The normalized spacial score (nSPS) is 22.2. The molecular weight excluding hydrogens is 176 g/mol. The van der Waals surface area contributed by atoms with Crippen LogP contribution < -0.4 is 22.5 Å². The van der Waals surface area contributed by atoms with Crippen LogP contribution in [-0.2, 0) is 0 Å². The Balaban J connectivity index is 0.00000169. The SMILES string of the molecule is CC(C)/C(N)=C/NC[C@H]1CCCN1.N. The first-order valence-corrected chi connectivity index (χ1v) is 5.12. The van der Waals surface area contributed by atoms with Gasteiger partial charge in [0, 0.05) is 24.5 Å². The molecule has 0 aromatic carbocycles. The largest absolute Gasteiger partial charge is 0.401 e. The summed E-state index contributed by atoms with van der Waals surface area (Å²) in [6, 6.07) is 0.635. The van der Waals surface area contributed by atoms with Gasteiger partial charge in [0.05, 0.1) is 0 Å². The van der Waals surface area contributed by atoms with Crippen molar-refractivity contribution < 1.29 is 0 Å². The standard InChI is InChI=1S/C10H21N3.H3N/c1-8(2)10(11)7-12-6-9-4-3-5-13-9;/h7-9,12-13H,3-6,11H2,1-2H3;1H3/b10-7-;/t9-;/m1./s1. The number of nitrogens with two attached hydrogens (primary N) is 1. The Morgan fingerprint density at radius 1 is 1.64 bits per heavy atom. The van der Waals surface area contributed by atoms with Crippen molar-refractivity contribution in [2.45, 2.75) is 32.7 Å². The molecule has 0 bridgehead atoms. The Hall–Kier alpha value is -0.740. The summed E-state index contributed by atoms with van der Waals surface area (Å²) in [5.74, 6) is 0.434. The Morgan fingerprint density at radius 3 is 2.86 bits per heavy atom. The van der Waals surface area contributed by atoms with Crippen molar-refractivity contribution in [1.82, 2.24) is 16.8 Å². The Bertz CT molecular complexity index is 171. The predicted octanol–water partition coefficient (Wildman–Crippen LogP) is 0.946. The van der Waals surface area contributed by atoms with Crippen LogP contribution in [0, 0.1) is 5.92 Å². The fourth-order valence-corrected chi connectivity index (χ4v) is 1.42. The number of hydrogen-bond donors (Lipinski definition) is 4. The maximum atomic E-state index is 5.78. The van der Waals surface area contributed by atoms with Gasteiger partial charge in [-0.1, -0.05) is 13.8 Å². The summed E-state index contributed by atoms with van der Waals surface area (Å²) in [7, 11) is 0. The van der Waals surface area contributed by atoms with Crippen molar-refractivity contribution in [3.8, 4) is 0 Å². The fraction of sp³-hybridized carbons (Fsp3) is 0.800. The summed E-state index contributed by atoms with van der Waals surface area (Å²) in [6.45, 7) is 6.35. The molecule has 1 aliphatic rings. The average Bonchev–Trinajstić information content (AvgIpc) is 2.56. The van der Waals surface area contributed by atoms with Crippen LogP contribution in [0.2, 0.25) is 0 Å². The van der Waals surface area contributed by atoms with E-state index in [0.29, 0.717) is 12.0 Å². The summed E-state index contributed by atoms with van der Waals surface area (Å²) in [5, 5.41) is 6.69. The van der Waals surface area contributed by atoms with Crippen molar-refractivity contribution in [2.24, 2.45) is 11.7 Å². The Labute approximate surface area is 86.9 Å². The van der Waals surface area contributed by atoms with Crippen LogP contribution in [0.25, 0.3) is 0 Å². The number of rotatable bonds is 4. The highest BCUT2D eigenvalue weighted by Crippen LogP contribution is 2.04. The van der Waals surface area contributed by atoms with Crippen molar-refractivity contribution >= 4 is 0 Å². The van der Waals surface area contributed by atoms with Crippen molar-refractivity contribution in [3.63, 3.8) is 0 Å². The van der Waals surface area contributed by atoms with E-state index in [0.717, 1.165) is 18.8 Å². The zero-order valence-electron chi connectivity index (χ0n) is 9.34. The fourth-order valence-electron chi connectivity index (χ4n) is 1.42. The molecule has 1 rings (SSSR count). The molecule has 1 fully saturated rings. The van der Waals surface area contributed by atoms with E-state index in [1.165, 1.54) is 12.8 Å². The van der Waals surface area contributed by atoms with Crippen molar-refractivity contribution in [3.05, 3.63) is 11.9 Å². The predicted molar refractivity (Wildman–Crippen MR) is 61.2 cm³/mol. The minimum Gasteiger partial charge on any atom is -0.401 e. The molecule has 1 saturated heterocycles. The first-order valence-electron chi connectivity index (χ1n) is 5.12. The van der Waals surface area contributed by atoms with Crippen LogP contribution in [0.5, 0.6) is 0 Å². The molecule has 0 spiro atoms. The molecule has 14 heavy (non-hydrogen) atoms. The van der Waals surface area contributed by atoms with Gasteiger partial charge in [0.25, 0.3) is 0 Å². The van der Waals surface area contributed by atoms with Gasteiger partial charge >= 0.3 is 0 Å². The lowest BCUT2D eigenvalue weighted by atomic mass is 10.1. The molecule has 0 aliphatic carbocycles. The summed E-state index contributed by atoms with van der Waals surface area (Å²) in [4.78, 5) is 0. The molecule has 0 amide bonds. The van der Waals surface area contributed by atoms with Gasteiger partial charge in [0.2, 0.25) is 0 Å². The van der Waals surface area contributed by atoms with Crippen molar-refractivity contribution in [1.29, 1.82) is 0 Å². The van der Waals surface area contributed by atoms with E-state index < -0.39 is 0 Å². The van der Waals surface area contributed by atoms with E-state index in [4.69, 9.17) is 5.73 Å². The van der Waals surface area contributed by atoms with Crippen LogP contribution in [0.3, 0.4) is 0 Å². The third kappa shape index (κ3) is 4.48. The molecule has 4 heteroatoms. The van der Waals surface area contributed by atoms with Gasteiger partial charge in [-0.3, -0.25) is 0 Å². The molecule has 0 radical (unpaired) electrons. The molecule has 1 aliphatic heterocycles. The molecule has 84 valence electrons. The topological polar surface area (TPSA) is 85.1 Å². The second-order valence-corrected chi connectivity index (χ2v) is 4.00. The smallest absolute Gasteiger partial charge is 0.0296 e. The molecule has 1 atom stereocenters. The molecule has 0 aromatic rings. The number of hydrogen-bond acceptors (Lipinski definition) is 4. The summed E-state index contributed by atoms with van der Waals surface area (Å²) in [6.07, 6.45) is 4.52. The molecule has 0 aromatic heterocycles. The molecule has 0 saturated carbocycles. The van der Waals surface area contributed by atoms with Crippen LogP contribution in [0.4, 0.5) is 0 Å². The van der Waals surface area contributed by atoms with Gasteiger partial charge in [0.15, 0.2) is 0 Å². The van der Waals surface area contributed by atoms with Crippen molar-refractivity contribution in [2.75, 3.05) is 13.1 Å². The zero-order chi connectivity index (χ0) is 9.68. The van der Waals surface area contributed by atoms with Crippen LogP contribution in [0.1, 0.15) is 26.7 Å². The van der Waals surface area contributed by atoms with E-state index >= 15 is 0 Å². The van der Waals surface area contributed by atoms with Crippen LogP contribution in [0.15, 0.2) is 11.9 Å². The minimum absolute atomic E-state index is 0. The lowest BCUT2D eigenvalue weighted by molar-refractivity contribution is 0.575. The lowest BCUT2D eigenvalue weighted by Crippen LogP contribution is -2.32. The van der Waals surface area contributed by atoms with E-state index in [-0.39, 0.29) is 6.15 Å². The summed E-state index contributed by atoms with van der Waals surface area (Å²) >= 11 is 0. The number of allylic oxidation sites excluding steroid dienone is 1. The second-order valence-electron chi connectivity index (χ2n) is 4.00. The Kier molecular flexibility index (Phi) is 6.32. The first-order chi connectivity index (χ1) is 6.20. The van der Waals surface area contributed by atoms with Gasteiger partial charge in [-0.25, -0.2) is 0 Å². The highest BCUT2D eigenvalue weighted by molar-refractivity contribution is 4.98.